The molecular formula is C14H16N4O2S. The van der Waals surface area contributed by atoms with Gasteiger partial charge in [-0.2, -0.15) is 5.10 Å². The zero-order valence-electron chi connectivity index (χ0n) is 12.1. The molecule has 21 heavy (non-hydrogen) atoms. The first-order valence-corrected chi connectivity index (χ1v) is 6.86. The van der Waals surface area contributed by atoms with Gasteiger partial charge >= 0.3 is 0 Å². The average molecular weight is 304 g/mol. The van der Waals surface area contributed by atoms with E-state index in [0.717, 1.165) is 16.7 Å². The number of aryl methyl sites for hydroxylation is 1. The summed E-state index contributed by atoms with van der Waals surface area (Å²) in [5.74, 6) is 1.35. The number of methoxy groups -OCH3 is 2. The SMILES string of the molecule is COc1cc2[nH]c(=S)n(Cc3ccnn3C)c2cc1OC. The second-order valence-electron chi connectivity index (χ2n) is 4.69. The van der Waals surface area contributed by atoms with Crippen molar-refractivity contribution < 1.29 is 9.47 Å². The van der Waals surface area contributed by atoms with E-state index < -0.39 is 0 Å². The molecule has 2 aromatic heterocycles. The molecule has 1 N–H and O–H groups in total. The molecule has 0 aliphatic rings. The topological polar surface area (TPSA) is 57.0 Å². The zero-order valence-corrected chi connectivity index (χ0v) is 12.9. The maximum Gasteiger partial charge on any atom is 0.178 e. The van der Waals surface area contributed by atoms with Crippen molar-refractivity contribution in [3.05, 3.63) is 34.9 Å². The lowest BCUT2D eigenvalue weighted by Gasteiger charge is -2.09. The number of imidazole rings is 1. The third kappa shape index (κ3) is 2.29. The molecular weight excluding hydrogens is 288 g/mol. The summed E-state index contributed by atoms with van der Waals surface area (Å²) < 4.78 is 15.2. The predicted molar refractivity (Wildman–Crippen MR) is 82.5 cm³/mol. The second kappa shape index (κ2) is 5.25. The highest BCUT2D eigenvalue weighted by atomic mass is 32.1. The van der Waals surface area contributed by atoms with Gasteiger partial charge in [0.25, 0.3) is 0 Å². The minimum absolute atomic E-state index is 0.644. The molecule has 0 fully saturated rings. The smallest absolute Gasteiger partial charge is 0.178 e. The monoisotopic (exact) mass is 304 g/mol. The highest BCUT2D eigenvalue weighted by molar-refractivity contribution is 7.71. The molecule has 0 saturated heterocycles. The van der Waals surface area contributed by atoms with E-state index in [2.05, 4.69) is 10.1 Å². The van der Waals surface area contributed by atoms with E-state index in [0.29, 0.717) is 22.8 Å². The van der Waals surface area contributed by atoms with Crippen LogP contribution in [0, 0.1) is 4.77 Å². The molecule has 0 saturated carbocycles. The van der Waals surface area contributed by atoms with E-state index in [1.54, 1.807) is 20.4 Å². The van der Waals surface area contributed by atoms with Crippen LogP contribution in [0.15, 0.2) is 24.4 Å². The lowest BCUT2D eigenvalue weighted by atomic mass is 10.2. The number of nitrogens with zero attached hydrogens (tertiary/aromatic N) is 3. The first kappa shape index (κ1) is 13.7. The fourth-order valence-electron chi connectivity index (χ4n) is 2.36. The van der Waals surface area contributed by atoms with Crippen molar-refractivity contribution in [2.24, 2.45) is 7.05 Å². The third-order valence-corrected chi connectivity index (χ3v) is 3.84. The Hall–Kier alpha value is -2.28. The number of hydrogen-bond acceptors (Lipinski definition) is 4. The van der Waals surface area contributed by atoms with Crippen LogP contribution < -0.4 is 9.47 Å². The number of rotatable bonds is 4. The molecule has 0 bridgehead atoms. The van der Waals surface area contributed by atoms with E-state index in [4.69, 9.17) is 21.7 Å². The van der Waals surface area contributed by atoms with Crippen molar-refractivity contribution in [1.29, 1.82) is 0 Å². The maximum absolute atomic E-state index is 5.42. The lowest BCUT2D eigenvalue weighted by molar-refractivity contribution is 0.355. The minimum Gasteiger partial charge on any atom is -0.493 e. The van der Waals surface area contributed by atoms with Crippen LogP contribution in [0.25, 0.3) is 11.0 Å². The third-order valence-electron chi connectivity index (χ3n) is 3.52. The van der Waals surface area contributed by atoms with E-state index in [1.165, 1.54) is 0 Å². The van der Waals surface area contributed by atoms with Gasteiger partial charge in [-0.3, -0.25) is 4.68 Å². The van der Waals surface area contributed by atoms with Crippen molar-refractivity contribution >= 4 is 23.3 Å². The molecule has 6 nitrogen and oxygen atoms in total. The summed E-state index contributed by atoms with van der Waals surface area (Å²) >= 11 is 5.42. The molecule has 3 rings (SSSR count). The standard InChI is InChI=1S/C14H16N4O2S/c1-17-9(4-5-15-17)8-18-11-7-13(20-3)12(19-2)6-10(11)16-14(18)21/h4-7H,8H2,1-3H3,(H,16,21). The predicted octanol–water partition coefficient (Wildman–Crippen LogP) is 2.50. The van der Waals surface area contributed by atoms with Crippen molar-refractivity contribution in [2.75, 3.05) is 14.2 Å². The van der Waals surface area contributed by atoms with Gasteiger partial charge in [-0.05, 0) is 18.3 Å². The van der Waals surface area contributed by atoms with Crippen LogP contribution in [0.4, 0.5) is 0 Å². The van der Waals surface area contributed by atoms with Gasteiger partial charge in [0.2, 0.25) is 0 Å². The number of fused-ring (bicyclic) bond motifs is 1. The Labute approximate surface area is 126 Å². The van der Waals surface area contributed by atoms with Crippen molar-refractivity contribution in [3.63, 3.8) is 0 Å². The van der Waals surface area contributed by atoms with Gasteiger partial charge < -0.3 is 19.0 Å². The summed E-state index contributed by atoms with van der Waals surface area (Å²) in [4.78, 5) is 3.20. The molecule has 0 aliphatic carbocycles. The van der Waals surface area contributed by atoms with E-state index in [1.807, 2.05) is 34.5 Å². The molecule has 2 heterocycles. The number of benzene rings is 1. The zero-order chi connectivity index (χ0) is 15.0. The van der Waals surface area contributed by atoms with Crippen LogP contribution in [0.3, 0.4) is 0 Å². The van der Waals surface area contributed by atoms with Crippen molar-refractivity contribution in [2.45, 2.75) is 6.54 Å². The van der Waals surface area contributed by atoms with Gasteiger partial charge in [0.05, 0.1) is 37.5 Å². The Bertz CT molecular complexity index is 846. The van der Waals surface area contributed by atoms with Gasteiger partial charge in [-0.1, -0.05) is 0 Å². The number of aromatic nitrogens is 4. The van der Waals surface area contributed by atoms with Crippen LogP contribution in [-0.2, 0) is 13.6 Å². The fourth-order valence-corrected chi connectivity index (χ4v) is 2.63. The van der Waals surface area contributed by atoms with Crippen molar-refractivity contribution in [1.82, 2.24) is 19.3 Å². The lowest BCUT2D eigenvalue weighted by Crippen LogP contribution is -2.05. The van der Waals surface area contributed by atoms with Crippen LogP contribution >= 0.6 is 12.2 Å². The van der Waals surface area contributed by atoms with Crippen LogP contribution in [0.2, 0.25) is 0 Å². The van der Waals surface area contributed by atoms with Crippen molar-refractivity contribution in [3.8, 4) is 11.5 Å². The number of aromatic amines is 1. The summed E-state index contributed by atoms with van der Waals surface area (Å²) in [7, 11) is 5.15. The van der Waals surface area contributed by atoms with Crippen LogP contribution in [-0.4, -0.2) is 33.6 Å². The average Bonchev–Trinajstić information content (AvgIpc) is 3.02. The Morgan fingerprint density at radius 1 is 1.24 bits per heavy atom. The molecule has 1 aromatic carbocycles. The summed E-state index contributed by atoms with van der Waals surface area (Å²) in [5, 5.41) is 4.18. The molecule has 0 unspecified atom stereocenters. The first-order chi connectivity index (χ1) is 10.1. The minimum atomic E-state index is 0.644. The maximum atomic E-state index is 5.42. The summed E-state index contributed by atoms with van der Waals surface area (Å²) in [6.45, 7) is 0.644. The second-order valence-corrected chi connectivity index (χ2v) is 5.07. The highest BCUT2D eigenvalue weighted by Gasteiger charge is 2.12. The molecule has 0 amide bonds. The number of ether oxygens (including phenoxy) is 2. The van der Waals surface area contributed by atoms with E-state index in [9.17, 15) is 0 Å². The van der Waals surface area contributed by atoms with Gasteiger partial charge in [0, 0.05) is 25.4 Å². The Kier molecular flexibility index (Phi) is 3.42. The van der Waals surface area contributed by atoms with Crippen LogP contribution in [0.1, 0.15) is 5.69 Å². The molecule has 7 heteroatoms. The summed E-state index contributed by atoms with van der Waals surface area (Å²) in [6.07, 6.45) is 1.78. The Balaban J connectivity index is 2.16. The van der Waals surface area contributed by atoms with Gasteiger partial charge in [0.15, 0.2) is 16.3 Å². The van der Waals surface area contributed by atoms with E-state index >= 15 is 0 Å². The largest absolute Gasteiger partial charge is 0.493 e. The van der Waals surface area contributed by atoms with Gasteiger partial charge in [-0.25, -0.2) is 0 Å². The number of hydrogen-bond donors (Lipinski definition) is 1. The summed E-state index contributed by atoms with van der Waals surface area (Å²) in [6, 6.07) is 5.79. The fraction of sp³-hybridized carbons (Fsp3) is 0.286. The van der Waals surface area contributed by atoms with Gasteiger partial charge in [0.1, 0.15) is 0 Å². The molecule has 0 aliphatic heterocycles. The highest BCUT2D eigenvalue weighted by Crippen LogP contribution is 2.32. The number of H-pyrrole nitrogens is 1. The van der Waals surface area contributed by atoms with E-state index in [-0.39, 0.29) is 0 Å². The Morgan fingerprint density at radius 2 is 1.95 bits per heavy atom. The molecule has 0 spiro atoms. The Morgan fingerprint density at radius 3 is 2.57 bits per heavy atom. The molecule has 0 radical (unpaired) electrons. The van der Waals surface area contributed by atoms with Gasteiger partial charge in [-0.15, -0.1) is 0 Å². The first-order valence-electron chi connectivity index (χ1n) is 6.45. The molecule has 0 atom stereocenters. The quantitative estimate of drug-likeness (QED) is 0.752. The molecule has 110 valence electrons. The molecule has 3 aromatic rings. The summed E-state index contributed by atoms with van der Waals surface area (Å²) in [5.41, 5.74) is 2.96. The normalized spacial score (nSPS) is 11.0. The van der Waals surface area contributed by atoms with Crippen LogP contribution in [0.5, 0.6) is 11.5 Å². The number of nitrogens with one attached hydrogen (secondary N) is 1.